The second kappa shape index (κ2) is 10.2. The van der Waals surface area contributed by atoms with Gasteiger partial charge in [0.2, 0.25) is 0 Å². The molecule has 0 atom stereocenters. The van der Waals surface area contributed by atoms with Crippen LogP contribution in [0.3, 0.4) is 0 Å². The highest BCUT2D eigenvalue weighted by Gasteiger charge is 2.21. The molecule has 0 aromatic carbocycles. The standard InChI is InChI=1S/C25H31N5OS/c1-17(2)14-28-24(31)20-13-23(22-16-32-25(29-22)21-15-26-10-11-27-21)30(18(20)3)12-9-19-7-5-4-6-8-19/h7,10-11,13,15-17H,4-6,8-9,12,14H2,1-3H3,(H,28,31). The number of carbonyl (C=O) groups excluding carboxylic acids is 1. The van der Waals surface area contributed by atoms with E-state index in [-0.39, 0.29) is 5.91 Å². The van der Waals surface area contributed by atoms with Crippen molar-refractivity contribution in [2.75, 3.05) is 6.54 Å². The Morgan fingerprint density at radius 3 is 2.84 bits per heavy atom. The number of rotatable bonds is 8. The molecule has 0 saturated heterocycles. The molecule has 1 aliphatic rings. The smallest absolute Gasteiger partial charge is 0.253 e. The molecule has 0 unspecified atom stereocenters. The molecule has 0 spiro atoms. The van der Waals surface area contributed by atoms with Crippen molar-refractivity contribution in [2.45, 2.75) is 59.4 Å². The van der Waals surface area contributed by atoms with Crippen LogP contribution in [-0.4, -0.2) is 32.0 Å². The average molecular weight is 450 g/mol. The number of hydrogen-bond acceptors (Lipinski definition) is 5. The van der Waals surface area contributed by atoms with Gasteiger partial charge in [-0.3, -0.25) is 14.8 Å². The van der Waals surface area contributed by atoms with Crippen LogP contribution in [0.4, 0.5) is 0 Å². The first kappa shape index (κ1) is 22.4. The topological polar surface area (TPSA) is 72.7 Å². The predicted octanol–water partition coefficient (Wildman–Crippen LogP) is 5.65. The summed E-state index contributed by atoms with van der Waals surface area (Å²) in [5.41, 5.74) is 5.87. The molecule has 0 fully saturated rings. The zero-order valence-electron chi connectivity index (χ0n) is 19.1. The van der Waals surface area contributed by atoms with Crippen molar-refractivity contribution in [2.24, 2.45) is 5.92 Å². The van der Waals surface area contributed by atoms with Crippen molar-refractivity contribution in [1.82, 2.24) is 24.8 Å². The van der Waals surface area contributed by atoms with Gasteiger partial charge in [0.1, 0.15) is 10.7 Å². The molecule has 3 aromatic heterocycles. The lowest BCUT2D eigenvalue weighted by atomic mass is 9.97. The zero-order valence-corrected chi connectivity index (χ0v) is 19.9. The predicted molar refractivity (Wildman–Crippen MR) is 130 cm³/mol. The maximum atomic E-state index is 12.9. The molecular formula is C25H31N5OS. The molecule has 3 aromatic rings. The van der Waals surface area contributed by atoms with Crippen LogP contribution in [0.15, 0.2) is 41.7 Å². The number of hydrogen-bond donors (Lipinski definition) is 1. The Hall–Kier alpha value is -2.80. The second-order valence-electron chi connectivity index (χ2n) is 8.77. The Balaban J connectivity index is 1.66. The minimum atomic E-state index is -0.0162. The molecule has 1 amide bonds. The van der Waals surface area contributed by atoms with Crippen molar-refractivity contribution < 1.29 is 4.79 Å². The van der Waals surface area contributed by atoms with E-state index in [0.29, 0.717) is 12.5 Å². The fourth-order valence-electron chi connectivity index (χ4n) is 4.07. The molecule has 168 valence electrons. The van der Waals surface area contributed by atoms with Gasteiger partial charge < -0.3 is 9.88 Å². The summed E-state index contributed by atoms with van der Waals surface area (Å²) in [6.45, 7) is 7.76. The number of carbonyl (C=O) groups is 1. The first-order valence-corrected chi connectivity index (χ1v) is 12.3. The number of aromatic nitrogens is 4. The zero-order chi connectivity index (χ0) is 22.5. The van der Waals surface area contributed by atoms with Gasteiger partial charge in [-0.05, 0) is 51.0 Å². The minimum absolute atomic E-state index is 0.0162. The highest BCUT2D eigenvalue weighted by molar-refractivity contribution is 7.13. The minimum Gasteiger partial charge on any atom is -0.352 e. The van der Waals surface area contributed by atoms with Crippen molar-refractivity contribution in [3.8, 4) is 22.1 Å². The molecule has 1 N–H and O–H groups in total. The van der Waals surface area contributed by atoms with Gasteiger partial charge in [-0.2, -0.15) is 0 Å². The third-order valence-corrected chi connectivity index (χ3v) is 6.74. The third kappa shape index (κ3) is 5.15. The van der Waals surface area contributed by atoms with E-state index in [9.17, 15) is 4.79 Å². The second-order valence-corrected chi connectivity index (χ2v) is 9.63. The van der Waals surface area contributed by atoms with E-state index in [1.54, 1.807) is 29.9 Å². The van der Waals surface area contributed by atoms with Gasteiger partial charge in [0.15, 0.2) is 0 Å². The summed E-state index contributed by atoms with van der Waals surface area (Å²) in [5, 5.41) is 5.95. The van der Waals surface area contributed by atoms with Gasteiger partial charge >= 0.3 is 0 Å². The van der Waals surface area contributed by atoms with Crippen LogP contribution in [0.1, 0.15) is 62.0 Å². The summed E-state index contributed by atoms with van der Waals surface area (Å²) in [6.07, 6.45) is 13.4. The highest BCUT2D eigenvalue weighted by atomic mass is 32.1. The van der Waals surface area contributed by atoms with E-state index in [0.717, 1.165) is 46.3 Å². The van der Waals surface area contributed by atoms with Crippen LogP contribution < -0.4 is 5.32 Å². The first-order valence-electron chi connectivity index (χ1n) is 11.4. The van der Waals surface area contributed by atoms with Gasteiger partial charge in [-0.25, -0.2) is 4.98 Å². The summed E-state index contributed by atoms with van der Waals surface area (Å²) < 4.78 is 2.26. The normalized spacial score (nSPS) is 13.9. The first-order chi connectivity index (χ1) is 15.5. The molecule has 32 heavy (non-hydrogen) atoms. The average Bonchev–Trinajstić information content (AvgIpc) is 3.42. The highest BCUT2D eigenvalue weighted by Crippen LogP contribution is 2.31. The quantitative estimate of drug-likeness (QED) is 0.451. The molecule has 0 aliphatic heterocycles. The Morgan fingerprint density at radius 1 is 1.25 bits per heavy atom. The summed E-state index contributed by atoms with van der Waals surface area (Å²) in [5.74, 6) is 0.393. The van der Waals surface area contributed by atoms with Gasteiger partial charge in [-0.15, -0.1) is 11.3 Å². The van der Waals surface area contributed by atoms with Crippen LogP contribution in [0.25, 0.3) is 22.1 Å². The van der Waals surface area contributed by atoms with E-state index in [4.69, 9.17) is 4.98 Å². The molecular weight excluding hydrogens is 418 g/mol. The number of nitrogens with one attached hydrogen (secondary N) is 1. The molecule has 1 aliphatic carbocycles. The summed E-state index contributed by atoms with van der Waals surface area (Å²) in [6, 6.07) is 2.00. The Labute approximate surface area is 193 Å². The molecule has 6 nitrogen and oxygen atoms in total. The SMILES string of the molecule is Cc1c(C(=O)NCC(C)C)cc(-c2csc(-c3cnccn3)n2)n1CCC1=CCCCC1. The fraction of sp³-hybridized carbons (Fsp3) is 0.440. The lowest BCUT2D eigenvalue weighted by molar-refractivity contribution is 0.0948. The molecule has 0 saturated carbocycles. The van der Waals surface area contributed by atoms with E-state index in [1.807, 2.05) is 18.4 Å². The maximum absolute atomic E-state index is 12.9. The van der Waals surface area contributed by atoms with Crippen molar-refractivity contribution in [3.05, 3.63) is 52.9 Å². The van der Waals surface area contributed by atoms with Crippen LogP contribution in [0.5, 0.6) is 0 Å². The Kier molecular flexibility index (Phi) is 7.15. The fourth-order valence-corrected chi connectivity index (χ4v) is 4.85. The van der Waals surface area contributed by atoms with Crippen molar-refractivity contribution >= 4 is 17.2 Å². The Bertz CT molecular complexity index is 1100. The van der Waals surface area contributed by atoms with Crippen molar-refractivity contribution in [3.63, 3.8) is 0 Å². The van der Waals surface area contributed by atoms with Gasteiger partial charge in [0.25, 0.3) is 5.91 Å². The summed E-state index contributed by atoms with van der Waals surface area (Å²) in [4.78, 5) is 26.3. The van der Waals surface area contributed by atoms with Gasteiger partial charge in [0, 0.05) is 36.6 Å². The van der Waals surface area contributed by atoms with Crippen molar-refractivity contribution in [1.29, 1.82) is 0 Å². The van der Waals surface area contributed by atoms with Gasteiger partial charge in [0.05, 0.1) is 23.1 Å². The number of thiazole rings is 1. The molecule has 4 rings (SSSR count). The van der Waals surface area contributed by atoms with Crippen LogP contribution in [0, 0.1) is 12.8 Å². The largest absolute Gasteiger partial charge is 0.352 e. The monoisotopic (exact) mass is 449 g/mol. The number of amides is 1. The third-order valence-electron chi connectivity index (χ3n) is 5.87. The van der Waals surface area contributed by atoms with E-state index >= 15 is 0 Å². The molecule has 3 heterocycles. The van der Waals surface area contributed by atoms with Crippen LogP contribution in [0.2, 0.25) is 0 Å². The summed E-state index contributed by atoms with van der Waals surface area (Å²) >= 11 is 1.55. The lowest BCUT2D eigenvalue weighted by Crippen LogP contribution is -2.27. The van der Waals surface area contributed by atoms with Crippen LogP contribution >= 0.6 is 11.3 Å². The molecule has 0 bridgehead atoms. The maximum Gasteiger partial charge on any atom is 0.253 e. The van der Waals surface area contributed by atoms with E-state index < -0.39 is 0 Å². The molecule has 7 heteroatoms. The Morgan fingerprint density at radius 2 is 2.12 bits per heavy atom. The van der Waals surface area contributed by atoms with E-state index in [2.05, 4.69) is 39.8 Å². The summed E-state index contributed by atoms with van der Waals surface area (Å²) in [7, 11) is 0. The van der Waals surface area contributed by atoms with Crippen LogP contribution in [-0.2, 0) is 6.54 Å². The van der Waals surface area contributed by atoms with Gasteiger partial charge in [-0.1, -0.05) is 25.5 Å². The molecule has 0 radical (unpaired) electrons. The number of allylic oxidation sites excluding steroid dienone is 2. The lowest BCUT2D eigenvalue weighted by Gasteiger charge is -2.16. The number of nitrogens with zero attached hydrogens (tertiary/aromatic N) is 4. The van der Waals surface area contributed by atoms with E-state index in [1.165, 1.54) is 31.3 Å².